The molecule has 3 rings (SSSR count). The molecule has 3 N–H and O–H groups in total. The number of aromatic nitrogens is 2. The van der Waals surface area contributed by atoms with Crippen LogP contribution in [0.25, 0.3) is 11.0 Å². The molecule has 0 saturated carbocycles. The van der Waals surface area contributed by atoms with Crippen LogP contribution in [0.5, 0.6) is 0 Å². The number of carbonyl (C=O) groups is 1. The van der Waals surface area contributed by atoms with Crippen molar-refractivity contribution in [3.05, 3.63) is 63.6 Å². The molecule has 0 bridgehead atoms. The summed E-state index contributed by atoms with van der Waals surface area (Å²) < 4.78 is 0. The monoisotopic (exact) mass is 295 g/mol. The van der Waals surface area contributed by atoms with Gasteiger partial charge in [-0.25, -0.2) is 4.79 Å². The highest BCUT2D eigenvalue weighted by molar-refractivity contribution is 5.93. The van der Waals surface area contributed by atoms with E-state index in [1.807, 2.05) is 44.2 Å². The summed E-state index contributed by atoms with van der Waals surface area (Å²) in [5.74, 6) is -0.0829. The number of imidazole rings is 1. The Morgan fingerprint density at radius 3 is 2.55 bits per heavy atom. The molecule has 5 heteroatoms. The van der Waals surface area contributed by atoms with Gasteiger partial charge in [-0.2, -0.15) is 0 Å². The zero-order valence-corrected chi connectivity index (χ0v) is 12.5. The lowest BCUT2D eigenvalue weighted by molar-refractivity contribution is -0.115. The van der Waals surface area contributed by atoms with E-state index in [4.69, 9.17) is 0 Å². The van der Waals surface area contributed by atoms with Gasteiger partial charge < -0.3 is 15.3 Å². The number of nitrogens with one attached hydrogen (secondary N) is 3. The highest BCUT2D eigenvalue weighted by atomic mass is 16.1. The Kier molecular flexibility index (Phi) is 3.55. The number of anilines is 1. The van der Waals surface area contributed by atoms with Crippen molar-refractivity contribution in [2.24, 2.45) is 0 Å². The SMILES string of the molecule is Cc1ccc(NC(=O)Cc2ccc3[nH]c(=O)[nH]c3c2)cc1C. The highest BCUT2D eigenvalue weighted by Gasteiger charge is 2.07. The molecule has 0 saturated heterocycles. The van der Waals surface area contributed by atoms with Gasteiger partial charge in [0.25, 0.3) is 0 Å². The Morgan fingerprint density at radius 2 is 1.77 bits per heavy atom. The number of aryl methyl sites for hydroxylation is 2. The number of aromatic amines is 2. The second-order valence-corrected chi connectivity index (χ2v) is 5.48. The molecular weight excluding hydrogens is 278 g/mol. The molecule has 0 aliphatic rings. The third-order valence-electron chi connectivity index (χ3n) is 3.74. The number of rotatable bonds is 3. The van der Waals surface area contributed by atoms with E-state index in [0.717, 1.165) is 22.3 Å². The molecule has 5 nitrogen and oxygen atoms in total. The number of amides is 1. The molecule has 0 spiro atoms. The van der Waals surface area contributed by atoms with Crippen molar-refractivity contribution >= 4 is 22.6 Å². The summed E-state index contributed by atoms with van der Waals surface area (Å²) in [6, 6.07) is 11.3. The Labute approximate surface area is 127 Å². The smallest absolute Gasteiger partial charge is 0.323 e. The number of fused-ring (bicyclic) bond motifs is 1. The third-order valence-corrected chi connectivity index (χ3v) is 3.74. The van der Waals surface area contributed by atoms with Crippen molar-refractivity contribution in [3.8, 4) is 0 Å². The van der Waals surface area contributed by atoms with Gasteiger partial charge in [-0.05, 0) is 54.8 Å². The second-order valence-electron chi connectivity index (χ2n) is 5.48. The topological polar surface area (TPSA) is 77.8 Å². The molecule has 0 unspecified atom stereocenters. The molecule has 0 radical (unpaired) electrons. The van der Waals surface area contributed by atoms with Gasteiger partial charge in [0.2, 0.25) is 5.91 Å². The van der Waals surface area contributed by atoms with E-state index < -0.39 is 0 Å². The molecule has 0 atom stereocenters. The summed E-state index contributed by atoms with van der Waals surface area (Å²) in [6.07, 6.45) is 0.260. The third kappa shape index (κ3) is 2.93. The maximum Gasteiger partial charge on any atom is 0.323 e. The summed E-state index contributed by atoms with van der Waals surface area (Å²) in [5, 5.41) is 2.89. The van der Waals surface area contributed by atoms with Crippen LogP contribution in [0.4, 0.5) is 5.69 Å². The lowest BCUT2D eigenvalue weighted by Crippen LogP contribution is -2.14. The number of hydrogen-bond donors (Lipinski definition) is 3. The average Bonchev–Trinajstić information content (AvgIpc) is 2.82. The van der Waals surface area contributed by atoms with Gasteiger partial charge in [0.05, 0.1) is 17.5 Å². The fraction of sp³-hybridized carbons (Fsp3) is 0.176. The molecular formula is C17H17N3O2. The predicted octanol–water partition coefficient (Wildman–Crippen LogP) is 2.65. The maximum absolute atomic E-state index is 12.1. The highest BCUT2D eigenvalue weighted by Crippen LogP contribution is 2.15. The average molecular weight is 295 g/mol. The quantitative estimate of drug-likeness (QED) is 0.694. The fourth-order valence-corrected chi connectivity index (χ4v) is 2.40. The van der Waals surface area contributed by atoms with Crippen LogP contribution < -0.4 is 11.0 Å². The minimum Gasteiger partial charge on any atom is -0.326 e. The van der Waals surface area contributed by atoms with E-state index in [9.17, 15) is 9.59 Å². The summed E-state index contributed by atoms with van der Waals surface area (Å²) in [7, 11) is 0. The molecule has 2 aromatic carbocycles. The standard InChI is InChI=1S/C17H17N3O2/c1-10-3-5-13(7-11(10)2)18-16(21)9-12-4-6-14-15(8-12)20-17(22)19-14/h3-8H,9H2,1-2H3,(H,18,21)(H2,19,20,22). The molecule has 0 aliphatic heterocycles. The first-order chi connectivity index (χ1) is 10.5. The van der Waals surface area contributed by atoms with Crippen molar-refractivity contribution in [3.63, 3.8) is 0 Å². The summed E-state index contributed by atoms with van der Waals surface area (Å²) in [4.78, 5) is 28.7. The Balaban J connectivity index is 1.74. The number of carbonyl (C=O) groups excluding carboxylic acids is 1. The predicted molar refractivity (Wildman–Crippen MR) is 87.2 cm³/mol. The molecule has 3 aromatic rings. The first-order valence-electron chi connectivity index (χ1n) is 7.09. The first kappa shape index (κ1) is 14.1. The maximum atomic E-state index is 12.1. The van der Waals surface area contributed by atoms with Gasteiger partial charge >= 0.3 is 5.69 Å². The largest absolute Gasteiger partial charge is 0.326 e. The van der Waals surface area contributed by atoms with Crippen LogP contribution in [0.15, 0.2) is 41.2 Å². The van der Waals surface area contributed by atoms with E-state index >= 15 is 0 Å². The van der Waals surface area contributed by atoms with Crippen molar-refractivity contribution < 1.29 is 4.79 Å². The van der Waals surface area contributed by atoms with Gasteiger partial charge in [0.15, 0.2) is 0 Å². The van der Waals surface area contributed by atoms with Crippen molar-refractivity contribution in [1.82, 2.24) is 9.97 Å². The van der Waals surface area contributed by atoms with Crippen molar-refractivity contribution in [2.75, 3.05) is 5.32 Å². The summed E-state index contributed by atoms with van der Waals surface area (Å²) in [5.41, 5.74) is 5.19. The number of hydrogen-bond acceptors (Lipinski definition) is 2. The lowest BCUT2D eigenvalue weighted by atomic mass is 10.1. The number of benzene rings is 2. The van der Waals surface area contributed by atoms with Gasteiger partial charge in [-0.1, -0.05) is 12.1 Å². The van der Waals surface area contributed by atoms with Crippen LogP contribution in [0, 0.1) is 13.8 Å². The minimum absolute atomic E-state index is 0.0829. The van der Waals surface area contributed by atoms with Crippen molar-refractivity contribution in [1.29, 1.82) is 0 Å². The van der Waals surface area contributed by atoms with Crippen LogP contribution in [-0.2, 0) is 11.2 Å². The van der Waals surface area contributed by atoms with Gasteiger partial charge in [-0.3, -0.25) is 4.79 Å². The zero-order valence-electron chi connectivity index (χ0n) is 12.5. The van der Waals surface area contributed by atoms with E-state index in [1.54, 1.807) is 6.07 Å². The van der Waals surface area contributed by atoms with Crippen LogP contribution >= 0.6 is 0 Å². The second kappa shape index (κ2) is 5.52. The van der Waals surface area contributed by atoms with Crippen LogP contribution in [0.2, 0.25) is 0 Å². The Morgan fingerprint density at radius 1 is 1.00 bits per heavy atom. The van der Waals surface area contributed by atoms with Gasteiger partial charge in [0.1, 0.15) is 0 Å². The zero-order chi connectivity index (χ0) is 15.7. The molecule has 1 amide bonds. The molecule has 1 aromatic heterocycles. The first-order valence-corrected chi connectivity index (χ1v) is 7.09. The Bertz CT molecular complexity index is 906. The Hall–Kier alpha value is -2.82. The molecule has 0 aliphatic carbocycles. The molecule has 112 valence electrons. The van der Waals surface area contributed by atoms with E-state index in [0.29, 0.717) is 5.52 Å². The van der Waals surface area contributed by atoms with Crippen LogP contribution in [0.1, 0.15) is 16.7 Å². The van der Waals surface area contributed by atoms with Crippen LogP contribution in [-0.4, -0.2) is 15.9 Å². The van der Waals surface area contributed by atoms with Crippen molar-refractivity contribution in [2.45, 2.75) is 20.3 Å². The minimum atomic E-state index is -0.244. The summed E-state index contributed by atoms with van der Waals surface area (Å²) >= 11 is 0. The number of H-pyrrole nitrogens is 2. The lowest BCUT2D eigenvalue weighted by Gasteiger charge is -2.08. The fourth-order valence-electron chi connectivity index (χ4n) is 2.40. The van der Waals surface area contributed by atoms with Crippen LogP contribution in [0.3, 0.4) is 0 Å². The van der Waals surface area contributed by atoms with Gasteiger partial charge in [-0.15, -0.1) is 0 Å². The van der Waals surface area contributed by atoms with E-state index in [2.05, 4.69) is 15.3 Å². The molecule has 0 fully saturated rings. The molecule has 1 heterocycles. The van der Waals surface area contributed by atoms with E-state index in [-0.39, 0.29) is 18.0 Å². The van der Waals surface area contributed by atoms with Gasteiger partial charge in [0, 0.05) is 5.69 Å². The van der Waals surface area contributed by atoms with E-state index in [1.165, 1.54) is 5.56 Å². The normalized spacial score (nSPS) is 10.8. The summed E-state index contributed by atoms with van der Waals surface area (Å²) in [6.45, 7) is 4.05. The molecule has 22 heavy (non-hydrogen) atoms.